The maximum atomic E-state index is 12.0. The summed E-state index contributed by atoms with van der Waals surface area (Å²) in [5, 5.41) is 5.05. The number of nitrogens with one attached hydrogen (secondary N) is 1. The highest BCUT2D eigenvalue weighted by molar-refractivity contribution is 6.31. The van der Waals surface area contributed by atoms with E-state index in [1.54, 1.807) is 10.9 Å². The van der Waals surface area contributed by atoms with E-state index < -0.39 is 0 Å². The van der Waals surface area contributed by atoms with Gasteiger partial charge in [0.2, 0.25) is 0 Å². The summed E-state index contributed by atoms with van der Waals surface area (Å²) in [6, 6.07) is 5.77. The molecule has 0 radical (unpaired) electrons. The van der Waals surface area contributed by atoms with Crippen molar-refractivity contribution < 1.29 is 9.63 Å². The molecule has 1 aliphatic rings. The van der Waals surface area contributed by atoms with Crippen molar-refractivity contribution in [3.05, 3.63) is 46.2 Å². The molecular formula is C15H16ClN3O2. The lowest BCUT2D eigenvalue weighted by atomic mass is 10.1. The van der Waals surface area contributed by atoms with Crippen molar-refractivity contribution in [2.75, 3.05) is 7.11 Å². The van der Waals surface area contributed by atoms with Crippen LogP contribution >= 0.6 is 11.6 Å². The van der Waals surface area contributed by atoms with Gasteiger partial charge in [-0.1, -0.05) is 17.7 Å². The Morgan fingerprint density at radius 2 is 2.24 bits per heavy atom. The molecule has 0 aliphatic heterocycles. The molecule has 1 aliphatic carbocycles. The molecule has 0 unspecified atom stereocenters. The van der Waals surface area contributed by atoms with E-state index in [2.05, 4.69) is 10.6 Å². The number of carbonyl (C=O) groups excluding carboxylic acids is 1. The summed E-state index contributed by atoms with van der Waals surface area (Å²) in [5.74, 6) is 0.0917. The highest BCUT2D eigenvalue weighted by Crippen LogP contribution is 2.42. The summed E-state index contributed by atoms with van der Waals surface area (Å²) in [6.45, 7) is 1.95. The Bertz CT molecular complexity index is 692. The predicted molar refractivity (Wildman–Crippen MR) is 79.8 cm³/mol. The van der Waals surface area contributed by atoms with Gasteiger partial charge < -0.3 is 0 Å². The minimum Gasteiger partial charge on any atom is -0.277 e. The van der Waals surface area contributed by atoms with Crippen LogP contribution in [0, 0.1) is 6.92 Å². The Morgan fingerprint density at radius 3 is 2.86 bits per heavy atom. The number of hydroxylamine groups is 1. The number of nitrogens with zero attached hydrogens (tertiary/aromatic N) is 2. The number of carbonyl (C=O) groups is 1. The molecule has 0 atom stereocenters. The van der Waals surface area contributed by atoms with Gasteiger partial charge in [-0.3, -0.25) is 9.63 Å². The van der Waals surface area contributed by atoms with E-state index in [9.17, 15) is 4.79 Å². The SMILES string of the molecule is CONC(=O)c1cnn(-c2ccc(C)c(Cl)c2)c1C1CC1. The number of aromatic nitrogens is 2. The quantitative estimate of drug-likeness (QED) is 0.883. The standard InChI is InChI=1S/C15H16ClN3O2/c1-9-3-6-11(7-13(9)16)19-14(10-4-5-10)12(8-17-19)15(20)18-21-2/h3,6-8,10H,4-5H2,1-2H3,(H,18,20). The van der Waals surface area contributed by atoms with E-state index >= 15 is 0 Å². The normalized spacial score (nSPS) is 14.2. The molecule has 110 valence electrons. The van der Waals surface area contributed by atoms with Crippen LogP contribution in [0.5, 0.6) is 0 Å². The van der Waals surface area contributed by atoms with Crippen LogP contribution in [0.3, 0.4) is 0 Å². The number of hydrogen-bond donors (Lipinski definition) is 1. The first-order valence-electron chi connectivity index (χ1n) is 6.79. The van der Waals surface area contributed by atoms with Gasteiger partial charge in [-0.15, -0.1) is 0 Å². The third kappa shape index (κ3) is 2.66. The van der Waals surface area contributed by atoms with Gasteiger partial charge in [0.05, 0.1) is 30.3 Å². The van der Waals surface area contributed by atoms with Gasteiger partial charge in [0, 0.05) is 10.9 Å². The summed E-state index contributed by atoms with van der Waals surface area (Å²) < 4.78 is 1.80. The second-order valence-corrected chi connectivity index (χ2v) is 5.61. The Morgan fingerprint density at radius 1 is 1.48 bits per heavy atom. The van der Waals surface area contributed by atoms with Crippen LogP contribution in [0.1, 0.15) is 40.4 Å². The molecule has 1 amide bonds. The van der Waals surface area contributed by atoms with Crippen LogP contribution < -0.4 is 5.48 Å². The fraction of sp³-hybridized carbons (Fsp3) is 0.333. The van der Waals surface area contributed by atoms with Gasteiger partial charge in [-0.2, -0.15) is 5.10 Å². The van der Waals surface area contributed by atoms with E-state index in [0.29, 0.717) is 16.5 Å². The topological polar surface area (TPSA) is 56.1 Å². The number of rotatable bonds is 4. The maximum absolute atomic E-state index is 12.0. The molecular weight excluding hydrogens is 290 g/mol. The zero-order valence-corrected chi connectivity index (χ0v) is 12.6. The molecule has 1 heterocycles. The Kier molecular flexibility index (Phi) is 3.69. The van der Waals surface area contributed by atoms with Crippen molar-refractivity contribution in [1.82, 2.24) is 15.3 Å². The molecule has 1 saturated carbocycles. The lowest BCUT2D eigenvalue weighted by Gasteiger charge is -2.10. The lowest BCUT2D eigenvalue weighted by Crippen LogP contribution is -2.22. The van der Waals surface area contributed by atoms with Crippen LogP contribution in [0.25, 0.3) is 5.69 Å². The summed E-state index contributed by atoms with van der Waals surface area (Å²) in [5.41, 5.74) is 5.70. The van der Waals surface area contributed by atoms with Crippen molar-refractivity contribution in [3.63, 3.8) is 0 Å². The number of aryl methyl sites for hydroxylation is 1. The Hall–Kier alpha value is -1.85. The van der Waals surface area contributed by atoms with Crippen LogP contribution in [0.4, 0.5) is 0 Å². The van der Waals surface area contributed by atoms with E-state index in [0.717, 1.165) is 29.8 Å². The van der Waals surface area contributed by atoms with Gasteiger partial charge in [-0.25, -0.2) is 10.2 Å². The molecule has 21 heavy (non-hydrogen) atoms. The minimum atomic E-state index is -0.274. The van der Waals surface area contributed by atoms with E-state index in [-0.39, 0.29) is 5.91 Å². The van der Waals surface area contributed by atoms with Crippen molar-refractivity contribution in [3.8, 4) is 5.69 Å². The average Bonchev–Trinajstić information content (AvgIpc) is 3.20. The first kappa shape index (κ1) is 14.1. The molecule has 2 aromatic rings. The second-order valence-electron chi connectivity index (χ2n) is 5.20. The molecule has 6 heteroatoms. The van der Waals surface area contributed by atoms with Gasteiger partial charge in [0.1, 0.15) is 0 Å². The minimum absolute atomic E-state index is 0.274. The van der Waals surface area contributed by atoms with Crippen molar-refractivity contribution in [2.24, 2.45) is 0 Å². The molecule has 1 aromatic heterocycles. The van der Waals surface area contributed by atoms with Gasteiger partial charge in [0.25, 0.3) is 5.91 Å². The van der Waals surface area contributed by atoms with Crippen LogP contribution in [0.2, 0.25) is 5.02 Å². The van der Waals surface area contributed by atoms with Crippen LogP contribution in [-0.2, 0) is 4.84 Å². The largest absolute Gasteiger partial charge is 0.278 e. The first-order chi connectivity index (χ1) is 10.1. The van der Waals surface area contributed by atoms with Crippen molar-refractivity contribution in [1.29, 1.82) is 0 Å². The monoisotopic (exact) mass is 305 g/mol. The van der Waals surface area contributed by atoms with Crippen LogP contribution in [0.15, 0.2) is 24.4 Å². The number of hydrogen-bond acceptors (Lipinski definition) is 3. The molecule has 0 spiro atoms. The average molecular weight is 306 g/mol. The summed E-state index contributed by atoms with van der Waals surface area (Å²) in [7, 11) is 1.42. The van der Waals surface area contributed by atoms with E-state index in [1.165, 1.54) is 7.11 Å². The summed E-state index contributed by atoms with van der Waals surface area (Å²) >= 11 is 6.19. The smallest absolute Gasteiger partial charge is 0.277 e. The highest BCUT2D eigenvalue weighted by atomic mass is 35.5. The molecule has 1 N–H and O–H groups in total. The summed E-state index contributed by atoms with van der Waals surface area (Å²) in [4.78, 5) is 16.8. The fourth-order valence-electron chi connectivity index (χ4n) is 2.35. The lowest BCUT2D eigenvalue weighted by molar-refractivity contribution is 0.0536. The van der Waals surface area contributed by atoms with Gasteiger partial charge in [0.15, 0.2) is 0 Å². The Balaban J connectivity index is 2.06. The zero-order valence-electron chi connectivity index (χ0n) is 11.9. The van der Waals surface area contributed by atoms with Crippen molar-refractivity contribution >= 4 is 17.5 Å². The third-order valence-corrected chi connectivity index (χ3v) is 4.02. The fourth-order valence-corrected chi connectivity index (χ4v) is 2.52. The number of benzene rings is 1. The maximum Gasteiger partial charge on any atom is 0.278 e. The second kappa shape index (κ2) is 5.50. The zero-order chi connectivity index (χ0) is 15.0. The molecule has 1 aromatic carbocycles. The Labute approximate surface area is 127 Å². The first-order valence-corrected chi connectivity index (χ1v) is 7.17. The van der Waals surface area contributed by atoms with Gasteiger partial charge in [-0.05, 0) is 37.5 Å². The number of amides is 1. The van der Waals surface area contributed by atoms with E-state index in [1.807, 2.05) is 25.1 Å². The molecule has 0 saturated heterocycles. The van der Waals surface area contributed by atoms with E-state index in [4.69, 9.17) is 16.4 Å². The third-order valence-electron chi connectivity index (χ3n) is 3.61. The number of halogens is 1. The van der Waals surface area contributed by atoms with Crippen LogP contribution in [-0.4, -0.2) is 22.8 Å². The van der Waals surface area contributed by atoms with Gasteiger partial charge >= 0.3 is 0 Å². The molecule has 5 nitrogen and oxygen atoms in total. The van der Waals surface area contributed by atoms with Crippen molar-refractivity contribution in [2.45, 2.75) is 25.7 Å². The summed E-state index contributed by atoms with van der Waals surface area (Å²) in [6.07, 6.45) is 3.72. The molecule has 1 fully saturated rings. The highest BCUT2D eigenvalue weighted by Gasteiger charge is 2.33. The molecule has 0 bridgehead atoms. The predicted octanol–water partition coefficient (Wildman–Crippen LogP) is 3.00. The molecule has 3 rings (SSSR count).